The molecule has 0 radical (unpaired) electrons. The molecule has 0 aliphatic heterocycles. The molecule has 0 saturated heterocycles. The van der Waals surface area contributed by atoms with Crippen LogP contribution in [0.2, 0.25) is 0 Å². The molecule has 102 valence electrons. The highest BCUT2D eigenvalue weighted by atomic mass is 79.9. The Morgan fingerprint density at radius 3 is 2.60 bits per heavy atom. The van der Waals surface area contributed by atoms with Crippen molar-refractivity contribution in [3.8, 4) is 5.75 Å². The minimum atomic E-state index is -0.324. The highest BCUT2D eigenvalue weighted by Crippen LogP contribution is 2.26. The molecule has 0 fully saturated rings. The first kappa shape index (κ1) is 14.1. The third-order valence-electron chi connectivity index (χ3n) is 2.58. The van der Waals surface area contributed by atoms with Crippen LogP contribution in [0.25, 0.3) is 6.08 Å². The molecule has 0 bridgehead atoms. The number of hydrogen-bond acceptors (Lipinski definition) is 3. The van der Waals surface area contributed by atoms with E-state index in [2.05, 4.69) is 21.2 Å². The number of halogens is 1. The summed E-state index contributed by atoms with van der Waals surface area (Å²) in [5.74, 6) is -0.308. The van der Waals surface area contributed by atoms with Crippen LogP contribution in [0.4, 0.5) is 11.4 Å². The number of amides is 1. The number of carbonyl (C=O) groups is 1. The van der Waals surface area contributed by atoms with Crippen molar-refractivity contribution in [1.29, 1.82) is 0 Å². The summed E-state index contributed by atoms with van der Waals surface area (Å²) in [6.07, 6.45) is 3.07. The molecule has 5 heteroatoms. The van der Waals surface area contributed by atoms with Gasteiger partial charge in [-0.05, 0) is 42.0 Å². The Labute approximate surface area is 125 Å². The fourth-order valence-corrected chi connectivity index (χ4v) is 1.92. The van der Waals surface area contributed by atoms with Crippen LogP contribution in [0.3, 0.4) is 0 Å². The number of hydrogen-bond donors (Lipinski definition) is 3. The summed E-state index contributed by atoms with van der Waals surface area (Å²) in [7, 11) is 0. The van der Waals surface area contributed by atoms with Crippen molar-refractivity contribution < 1.29 is 9.90 Å². The van der Waals surface area contributed by atoms with Gasteiger partial charge < -0.3 is 16.2 Å². The van der Waals surface area contributed by atoms with E-state index < -0.39 is 0 Å². The van der Waals surface area contributed by atoms with Crippen molar-refractivity contribution in [3.63, 3.8) is 0 Å². The average molecular weight is 333 g/mol. The van der Waals surface area contributed by atoms with Gasteiger partial charge in [-0.2, -0.15) is 0 Å². The summed E-state index contributed by atoms with van der Waals surface area (Å²) in [4.78, 5) is 11.8. The molecule has 0 atom stereocenters. The maximum Gasteiger partial charge on any atom is 0.248 e. The SMILES string of the molecule is Nc1ccc(/C=C/C(=O)Nc2cc(Br)ccc2O)cc1. The Morgan fingerprint density at radius 2 is 1.90 bits per heavy atom. The van der Waals surface area contributed by atoms with Crippen LogP contribution in [0.5, 0.6) is 5.75 Å². The van der Waals surface area contributed by atoms with Gasteiger partial charge in [0.2, 0.25) is 5.91 Å². The molecule has 2 rings (SSSR count). The molecule has 2 aromatic rings. The predicted molar refractivity (Wildman–Crippen MR) is 84.3 cm³/mol. The minimum Gasteiger partial charge on any atom is -0.506 e. The number of carbonyl (C=O) groups excluding carboxylic acids is 1. The molecular weight excluding hydrogens is 320 g/mol. The second-order valence-electron chi connectivity index (χ2n) is 4.15. The Balaban J connectivity index is 2.05. The molecule has 4 nitrogen and oxygen atoms in total. The van der Waals surface area contributed by atoms with Crippen molar-refractivity contribution in [1.82, 2.24) is 0 Å². The number of rotatable bonds is 3. The van der Waals surface area contributed by atoms with Gasteiger partial charge in [-0.1, -0.05) is 28.1 Å². The summed E-state index contributed by atoms with van der Waals surface area (Å²) in [6, 6.07) is 12.0. The number of phenols is 1. The van der Waals surface area contributed by atoms with E-state index in [1.54, 1.807) is 30.3 Å². The van der Waals surface area contributed by atoms with E-state index in [0.29, 0.717) is 11.4 Å². The largest absolute Gasteiger partial charge is 0.506 e. The topological polar surface area (TPSA) is 75.4 Å². The molecule has 4 N–H and O–H groups in total. The van der Waals surface area contributed by atoms with E-state index in [1.807, 2.05) is 12.1 Å². The first-order valence-electron chi connectivity index (χ1n) is 5.88. The number of phenolic OH excluding ortho intramolecular Hbond substituents is 1. The number of aromatic hydroxyl groups is 1. The van der Waals surface area contributed by atoms with Gasteiger partial charge in [0.15, 0.2) is 0 Å². The van der Waals surface area contributed by atoms with Gasteiger partial charge in [-0.15, -0.1) is 0 Å². The number of nitrogen functional groups attached to an aromatic ring is 1. The number of anilines is 2. The van der Waals surface area contributed by atoms with Crippen LogP contribution < -0.4 is 11.1 Å². The van der Waals surface area contributed by atoms with E-state index in [4.69, 9.17) is 5.73 Å². The Hall–Kier alpha value is -2.27. The molecule has 0 aliphatic carbocycles. The lowest BCUT2D eigenvalue weighted by Gasteiger charge is -2.05. The van der Waals surface area contributed by atoms with Gasteiger partial charge in [0.25, 0.3) is 0 Å². The van der Waals surface area contributed by atoms with Gasteiger partial charge in [-0.3, -0.25) is 4.79 Å². The zero-order valence-electron chi connectivity index (χ0n) is 10.5. The van der Waals surface area contributed by atoms with Crippen LogP contribution in [0.1, 0.15) is 5.56 Å². The normalized spacial score (nSPS) is 10.7. The molecule has 0 spiro atoms. The Morgan fingerprint density at radius 1 is 1.20 bits per heavy atom. The van der Waals surface area contributed by atoms with Gasteiger partial charge >= 0.3 is 0 Å². The number of nitrogens with one attached hydrogen (secondary N) is 1. The lowest BCUT2D eigenvalue weighted by molar-refractivity contribution is -0.111. The quantitative estimate of drug-likeness (QED) is 0.458. The van der Waals surface area contributed by atoms with Gasteiger partial charge in [0.05, 0.1) is 5.69 Å². The first-order chi connectivity index (χ1) is 9.54. The number of nitrogens with two attached hydrogens (primary N) is 1. The fourth-order valence-electron chi connectivity index (χ4n) is 1.56. The molecule has 0 aromatic heterocycles. The van der Waals surface area contributed by atoms with Gasteiger partial charge in [0, 0.05) is 16.2 Å². The molecule has 2 aromatic carbocycles. The minimum absolute atomic E-state index is 0.0161. The third-order valence-corrected chi connectivity index (χ3v) is 3.07. The van der Waals surface area contributed by atoms with E-state index in [0.717, 1.165) is 10.0 Å². The summed E-state index contributed by atoms with van der Waals surface area (Å²) < 4.78 is 0.771. The van der Waals surface area contributed by atoms with Crippen LogP contribution in [0.15, 0.2) is 53.0 Å². The van der Waals surface area contributed by atoms with Crippen molar-refractivity contribution in [3.05, 3.63) is 58.6 Å². The van der Waals surface area contributed by atoms with E-state index in [-0.39, 0.29) is 11.7 Å². The molecular formula is C15H13BrN2O2. The predicted octanol–water partition coefficient (Wildman–Crippen LogP) is 3.39. The second-order valence-corrected chi connectivity index (χ2v) is 5.07. The van der Waals surface area contributed by atoms with Crippen LogP contribution >= 0.6 is 15.9 Å². The second kappa shape index (κ2) is 6.25. The summed E-state index contributed by atoms with van der Waals surface area (Å²) in [6.45, 7) is 0. The smallest absolute Gasteiger partial charge is 0.248 e. The number of benzene rings is 2. The van der Waals surface area contributed by atoms with Crippen LogP contribution in [0, 0.1) is 0 Å². The van der Waals surface area contributed by atoms with Crippen molar-refractivity contribution >= 4 is 39.3 Å². The lowest BCUT2D eigenvalue weighted by atomic mass is 10.2. The average Bonchev–Trinajstić information content (AvgIpc) is 2.42. The Bertz CT molecular complexity index is 651. The van der Waals surface area contributed by atoms with E-state index in [9.17, 15) is 9.90 Å². The fraction of sp³-hybridized carbons (Fsp3) is 0. The molecule has 1 amide bonds. The lowest BCUT2D eigenvalue weighted by Crippen LogP contribution is -2.07. The van der Waals surface area contributed by atoms with Crippen LogP contribution in [-0.4, -0.2) is 11.0 Å². The molecule has 0 aliphatic rings. The molecule has 0 heterocycles. The van der Waals surface area contributed by atoms with E-state index >= 15 is 0 Å². The first-order valence-corrected chi connectivity index (χ1v) is 6.67. The monoisotopic (exact) mass is 332 g/mol. The Kier molecular flexibility index (Phi) is 4.42. The van der Waals surface area contributed by atoms with Gasteiger partial charge in [-0.25, -0.2) is 0 Å². The zero-order chi connectivity index (χ0) is 14.5. The summed E-state index contributed by atoms with van der Waals surface area (Å²) in [5, 5.41) is 12.2. The van der Waals surface area contributed by atoms with Crippen molar-refractivity contribution in [2.45, 2.75) is 0 Å². The molecule has 0 saturated carbocycles. The maximum absolute atomic E-state index is 11.8. The molecule has 0 unspecified atom stereocenters. The van der Waals surface area contributed by atoms with E-state index in [1.165, 1.54) is 12.1 Å². The maximum atomic E-state index is 11.8. The highest BCUT2D eigenvalue weighted by molar-refractivity contribution is 9.10. The standard InChI is InChI=1S/C15H13BrN2O2/c16-11-4-7-14(19)13(9-11)18-15(20)8-3-10-1-5-12(17)6-2-10/h1-9,19H,17H2,(H,18,20)/b8-3+. The highest BCUT2D eigenvalue weighted by Gasteiger charge is 2.04. The third kappa shape index (κ3) is 3.86. The summed E-state index contributed by atoms with van der Waals surface area (Å²) in [5.41, 5.74) is 7.47. The van der Waals surface area contributed by atoms with Gasteiger partial charge in [0.1, 0.15) is 5.75 Å². The zero-order valence-corrected chi connectivity index (χ0v) is 12.1. The van der Waals surface area contributed by atoms with Crippen molar-refractivity contribution in [2.24, 2.45) is 0 Å². The van der Waals surface area contributed by atoms with Crippen molar-refractivity contribution in [2.75, 3.05) is 11.1 Å². The summed E-state index contributed by atoms with van der Waals surface area (Å²) >= 11 is 3.28. The van der Waals surface area contributed by atoms with Crippen LogP contribution in [-0.2, 0) is 4.79 Å². The molecule has 20 heavy (non-hydrogen) atoms.